The lowest BCUT2D eigenvalue weighted by atomic mass is 9.83. The van der Waals surface area contributed by atoms with Gasteiger partial charge in [-0.1, -0.05) is 44.2 Å². The van der Waals surface area contributed by atoms with Gasteiger partial charge in [-0.15, -0.1) is 0 Å². The van der Waals surface area contributed by atoms with Gasteiger partial charge in [-0.05, 0) is 31.4 Å². The Kier molecular flexibility index (Phi) is 5.77. The van der Waals surface area contributed by atoms with E-state index in [0.717, 1.165) is 5.56 Å². The van der Waals surface area contributed by atoms with E-state index in [9.17, 15) is 10.1 Å². The van der Waals surface area contributed by atoms with Gasteiger partial charge in [0.05, 0.1) is 12.0 Å². The van der Waals surface area contributed by atoms with Crippen LogP contribution in [-0.2, 0) is 9.47 Å². The molecule has 1 heterocycles. The zero-order valence-electron chi connectivity index (χ0n) is 14.1. The molecule has 0 radical (unpaired) electrons. The molecule has 1 saturated heterocycles. The first-order valence-corrected chi connectivity index (χ1v) is 8.09. The van der Waals surface area contributed by atoms with Crippen molar-refractivity contribution in [3.05, 3.63) is 51.8 Å². The van der Waals surface area contributed by atoms with Crippen LogP contribution in [0.2, 0.25) is 0 Å². The number of nitro groups is 1. The van der Waals surface area contributed by atoms with E-state index in [0.29, 0.717) is 5.76 Å². The molecule has 0 amide bonds. The quantitative estimate of drug-likeness (QED) is 0.588. The minimum absolute atomic E-state index is 0.00795. The van der Waals surface area contributed by atoms with Gasteiger partial charge in [0.25, 0.3) is 0 Å². The Morgan fingerprint density at radius 1 is 1.26 bits per heavy atom. The van der Waals surface area contributed by atoms with Gasteiger partial charge < -0.3 is 9.47 Å². The SMILES string of the molecule is CC(C)O[C@@H]1O/C(=C\c2ccccc2)[C@@H](C[N+](=O)[O-])[C@H]1C(C)C. The van der Waals surface area contributed by atoms with Crippen LogP contribution in [0.1, 0.15) is 33.3 Å². The van der Waals surface area contributed by atoms with Gasteiger partial charge in [0.1, 0.15) is 5.76 Å². The summed E-state index contributed by atoms with van der Waals surface area (Å²) in [6, 6.07) is 9.73. The van der Waals surface area contributed by atoms with Crippen LogP contribution in [-0.4, -0.2) is 23.9 Å². The summed E-state index contributed by atoms with van der Waals surface area (Å²) in [5, 5.41) is 11.1. The highest BCUT2D eigenvalue weighted by molar-refractivity contribution is 5.52. The maximum absolute atomic E-state index is 11.1. The predicted molar refractivity (Wildman–Crippen MR) is 89.2 cm³/mol. The Labute approximate surface area is 137 Å². The van der Waals surface area contributed by atoms with E-state index in [1.165, 1.54) is 0 Å². The third-order valence-corrected chi connectivity index (χ3v) is 4.03. The molecular weight excluding hydrogens is 294 g/mol. The number of ether oxygens (including phenoxy) is 2. The minimum atomic E-state index is -0.435. The van der Waals surface area contributed by atoms with Crippen LogP contribution < -0.4 is 0 Å². The molecule has 3 atom stereocenters. The first-order valence-electron chi connectivity index (χ1n) is 8.09. The molecule has 0 bridgehead atoms. The summed E-state index contributed by atoms with van der Waals surface area (Å²) in [6.07, 6.45) is 1.47. The van der Waals surface area contributed by atoms with Crippen LogP contribution in [0.5, 0.6) is 0 Å². The van der Waals surface area contributed by atoms with Crippen molar-refractivity contribution in [1.29, 1.82) is 0 Å². The second-order valence-corrected chi connectivity index (χ2v) is 6.57. The molecule has 0 spiro atoms. The van der Waals surface area contributed by atoms with Crippen LogP contribution in [0.15, 0.2) is 36.1 Å². The number of benzene rings is 1. The summed E-state index contributed by atoms with van der Waals surface area (Å²) < 4.78 is 11.9. The van der Waals surface area contributed by atoms with E-state index in [-0.39, 0.29) is 35.3 Å². The Bertz CT molecular complexity index is 553. The number of hydrogen-bond acceptors (Lipinski definition) is 4. The maximum Gasteiger partial charge on any atom is 0.214 e. The van der Waals surface area contributed by atoms with Crippen LogP contribution in [0, 0.1) is 27.9 Å². The third-order valence-electron chi connectivity index (χ3n) is 4.03. The predicted octanol–water partition coefficient (Wildman–Crippen LogP) is 3.97. The lowest BCUT2D eigenvalue weighted by Gasteiger charge is -2.25. The molecule has 23 heavy (non-hydrogen) atoms. The van der Waals surface area contributed by atoms with Gasteiger partial charge in [-0.25, -0.2) is 0 Å². The molecule has 1 aromatic carbocycles. The molecule has 0 aliphatic carbocycles. The molecule has 5 nitrogen and oxygen atoms in total. The fraction of sp³-hybridized carbons (Fsp3) is 0.556. The van der Waals surface area contributed by atoms with Crippen molar-refractivity contribution in [3.63, 3.8) is 0 Å². The summed E-state index contributed by atoms with van der Waals surface area (Å²) in [4.78, 5) is 10.9. The number of nitrogens with zero attached hydrogens (tertiary/aromatic N) is 1. The summed E-state index contributed by atoms with van der Waals surface area (Å²) in [5.41, 5.74) is 0.976. The molecule has 5 heteroatoms. The van der Waals surface area contributed by atoms with Crippen molar-refractivity contribution in [2.24, 2.45) is 17.8 Å². The van der Waals surface area contributed by atoms with Gasteiger partial charge in [0, 0.05) is 10.8 Å². The van der Waals surface area contributed by atoms with Crippen LogP contribution in [0.3, 0.4) is 0 Å². The molecule has 1 aliphatic rings. The van der Waals surface area contributed by atoms with E-state index < -0.39 is 6.29 Å². The Morgan fingerprint density at radius 2 is 1.91 bits per heavy atom. The van der Waals surface area contributed by atoms with Crippen molar-refractivity contribution in [2.45, 2.75) is 40.1 Å². The minimum Gasteiger partial charge on any atom is -0.468 e. The molecule has 1 aliphatic heterocycles. The first-order chi connectivity index (χ1) is 10.9. The highest BCUT2D eigenvalue weighted by atomic mass is 16.7. The fourth-order valence-corrected chi connectivity index (χ4v) is 3.07. The summed E-state index contributed by atoms with van der Waals surface area (Å²) >= 11 is 0. The molecule has 126 valence electrons. The number of hydrogen-bond donors (Lipinski definition) is 0. The van der Waals surface area contributed by atoms with Gasteiger partial charge in [-0.3, -0.25) is 10.1 Å². The fourth-order valence-electron chi connectivity index (χ4n) is 3.07. The van der Waals surface area contributed by atoms with E-state index in [2.05, 4.69) is 13.8 Å². The Morgan fingerprint density at radius 3 is 2.43 bits per heavy atom. The molecule has 0 aromatic heterocycles. The molecule has 0 N–H and O–H groups in total. The summed E-state index contributed by atoms with van der Waals surface area (Å²) in [6.45, 7) is 7.87. The second-order valence-electron chi connectivity index (χ2n) is 6.57. The molecule has 0 saturated carbocycles. The van der Waals surface area contributed by atoms with Crippen LogP contribution >= 0.6 is 0 Å². The lowest BCUT2D eigenvalue weighted by molar-refractivity contribution is -0.488. The molecule has 0 unspecified atom stereocenters. The Hall–Kier alpha value is -1.88. The molecule has 2 rings (SSSR count). The summed E-state index contributed by atoms with van der Waals surface area (Å²) in [5.74, 6) is 0.578. The first kappa shape index (κ1) is 17.5. The highest BCUT2D eigenvalue weighted by Crippen LogP contribution is 2.42. The van der Waals surface area contributed by atoms with E-state index in [1.807, 2.05) is 50.3 Å². The monoisotopic (exact) mass is 319 g/mol. The Balaban J connectivity index is 2.34. The van der Waals surface area contributed by atoms with Crippen LogP contribution in [0.25, 0.3) is 6.08 Å². The number of rotatable bonds is 6. The van der Waals surface area contributed by atoms with E-state index in [4.69, 9.17) is 9.47 Å². The van der Waals surface area contributed by atoms with Gasteiger partial charge in [0.15, 0.2) is 0 Å². The van der Waals surface area contributed by atoms with Crippen molar-refractivity contribution < 1.29 is 14.4 Å². The third kappa shape index (κ3) is 4.55. The normalized spacial score (nSPS) is 26.0. The van der Waals surface area contributed by atoms with Crippen molar-refractivity contribution in [2.75, 3.05) is 6.54 Å². The highest BCUT2D eigenvalue weighted by Gasteiger charge is 2.46. The van der Waals surface area contributed by atoms with Gasteiger partial charge in [-0.2, -0.15) is 0 Å². The topological polar surface area (TPSA) is 61.6 Å². The largest absolute Gasteiger partial charge is 0.468 e. The van der Waals surface area contributed by atoms with Crippen molar-refractivity contribution >= 4 is 6.08 Å². The van der Waals surface area contributed by atoms with Gasteiger partial charge in [0.2, 0.25) is 12.8 Å². The smallest absolute Gasteiger partial charge is 0.214 e. The van der Waals surface area contributed by atoms with E-state index in [1.54, 1.807) is 0 Å². The average Bonchev–Trinajstić information content (AvgIpc) is 2.76. The standard InChI is InChI=1S/C18H25NO4/c1-12(2)17-15(11-19(20)21)16(23-18(17)22-13(3)4)10-14-8-6-5-7-9-14/h5-10,12-13,15,17-18H,11H2,1-4H3/b16-10-/t15-,17-,18-/m1/s1. The molecule has 1 fully saturated rings. The van der Waals surface area contributed by atoms with Gasteiger partial charge >= 0.3 is 0 Å². The molecular formula is C18H25NO4. The maximum atomic E-state index is 11.1. The zero-order chi connectivity index (χ0) is 17.0. The van der Waals surface area contributed by atoms with Crippen LogP contribution in [0.4, 0.5) is 0 Å². The lowest BCUT2D eigenvalue weighted by Crippen LogP contribution is -2.32. The van der Waals surface area contributed by atoms with Crippen molar-refractivity contribution in [3.8, 4) is 0 Å². The van der Waals surface area contributed by atoms with Crippen molar-refractivity contribution in [1.82, 2.24) is 0 Å². The zero-order valence-corrected chi connectivity index (χ0v) is 14.1. The molecule has 1 aromatic rings. The average molecular weight is 319 g/mol. The second kappa shape index (κ2) is 7.59. The summed E-state index contributed by atoms with van der Waals surface area (Å²) in [7, 11) is 0. The van der Waals surface area contributed by atoms with E-state index >= 15 is 0 Å².